The van der Waals surface area contributed by atoms with E-state index in [1.165, 1.54) is 69.3 Å². The van der Waals surface area contributed by atoms with Crippen LogP contribution in [0.1, 0.15) is 90.5 Å². The third-order valence-electron chi connectivity index (χ3n) is 16.5. The molecule has 0 radical (unpaired) electrons. The number of amides is 14. The molecule has 1 aromatic heterocycles. The number of phenols is 1. The maximum absolute atomic E-state index is 14.2. The van der Waals surface area contributed by atoms with Crippen LogP contribution in [0.25, 0.3) is 0 Å². The number of thioether (sulfide) groups is 1. The number of imidazole rings is 1. The monoisotopic (exact) mass is 1540 g/mol. The molecular formula is C68H99N17O22S. The van der Waals surface area contributed by atoms with E-state index >= 15 is 0 Å². The van der Waals surface area contributed by atoms with Crippen molar-refractivity contribution in [1.29, 1.82) is 0 Å². The number of hydrogen-bond donors (Lipinski definition) is 22. The molecule has 1 aliphatic rings. The number of aliphatic carboxylic acids is 2. The molecule has 1 fully saturated rings. The Morgan fingerprint density at radius 2 is 0.991 bits per heavy atom. The van der Waals surface area contributed by atoms with Gasteiger partial charge in [0.2, 0.25) is 82.7 Å². The fourth-order valence-electron chi connectivity index (χ4n) is 10.6. The number of phenolic OH excluding ortho intramolecular Hbond substituents is 1. The van der Waals surface area contributed by atoms with Gasteiger partial charge in [-0.05, 0) is 93.2 Å². The molecular weight excluding hydrogens is 1440 g/mol. The average molecular weight is 1540 g/mol. The Morgan fingerprint density at radius 1 is 0.519 bits per heavy atom. The summed E-state index contributed by atoms with van der Waals surface area (Å²) in [5.41, 5.74) is 1.23. The molecule has 0 unspecified atom stereocenters. The van der Waals surface area contributed by atoms with Crippen molar-refractivity contribution in [3.63, 3.8) is 0 Å². The SMILES string of the molecule is CSCC[C@H](NC(=O)CNC(=O)[C@H](Cc1cnc[nH]1)NC(=O)[C@@H](NC(=O)CNC(=O)[C@H](Cc1ccc(O)cc1)NC(=O)[C@@H](NC(=O)[C@H](CO)NC(=O)[C@H](CC(=O)O)NC(=O)[C@H](CC(C)C)NC(=O)[C@@H]1CCCN1)C(C)C)[C@@H](C)O)C(=O)N[C@@H](CO)C(=O)NCC(=O)N[C@@H](Cc1ccccc1)C(=O)N[C@@H](C)C(=O)O. The zero-order valence-electron chi connectivity index (χ0n) is 60.7. The van der Waals surface area contributed by atoms with Crippen LogP contribution in [-0.4, -0.2) is 265 Å². The molecule has 0 saturated carbocycles. The second-order valence-electron chi connectivity index (χ2n) is 26.2. The first-order valence-corrected chi connectivity index (χ1v) is 36.0. The Bertz CT molecular complexity index is 3570. The van der Waals surface area contributed by atoms with Gasteiger partial charge in [0.15, 0.2) is 0 Å². The van der Waals surface area contributed by atoms with Crippen LogP contribution in [0.15, 0.2) is 67.1 Å². The van der Waals surface area contributed by atoms with Gasteiger partial charge in [-0.3, -0.25) is 76.7 Å². The van der Waals surface area contributed by atoms with Crippen LogP contribution in [0.5, 0.6) is 5.75 Å². The summed E-state index contributed by atoms with van der Waals surface area (Å²) in [5.74, 6) is -17.6. The van der Waals surface area contributed by atoms with E-state index in [4.69, 9.17) is 0 Å². The van der Waals surface area contributed by atoms with E-state index in [1.807, 2.05) is 0 Å². The Labute approximate surface area is 625 Å². The van der Waals surface area contributed by atoms with Crippen molar-refractivity contribution in [2.45, 2.75) is 172 Å². The molecule has 3 aromatic rings. The zero-order valence-corrected chi connectivity index (χ0v) is 61.5. The molecule has 13 atom stereocenters. The lowest BCUT2D eigenvalue weighted by Crippen LogP contribution is -2.61. The lowest BCUT2D eigenvalue weighted by molar-refractivity contribution is -0.142. The number of aromatic amines is 1. The first-order valence-electron chi connectivity index (χ1n) is 34.6. The number of nitrogens with zero attached hydrogens (tertiary/aromatic N) is 1. The normalized spacial score (nSPS) is 15.8. The average Bonchev–Trinajstić information content (AvgIpc) is 0.932. The lowest BCUT2D eigenvalue weighted by Gasteiger charge is -2.28. The van der Waals surface area contributed by atoms with Crippen LogP contribution < -0.4 is 79.8 Å². The second kappa shape index (κ2) is 45.6. The predicted molar refractivity (Wildman–Crippen MR) is 384 cm³/mol. The number of aliphatic hydroxyl groups excluding tert-OH is 3. The highest BCUT2D eigenvalue weighted by atomic mass is 32.2. The number of nitrogens with one attached hydrogen (secondary N) is 16. The highest BCUT2D eigenvalue weighted by Gasteiger charge is 2.38. The number of aliphatic hydroxyl groups is 3. The van der Waals surface area contributed by atoms with Gasteiger partial charge in [0, 0.05) is 31.2 Å². The van der Waals surface area contributed by atoms with Gasteiger partial charge in [0.05, 0.1) is 57.7 Å². The number of aromatic nitrogens is 2. The molecule has 22 N–H and O–H groups in total. The molecule has 39 nitrogen and oxygen atoms in total. The summed E-state index contributed by atoms with van der Waals surface area (Å²) >= 11 is 1.27. The first kappa shape index (κ1) is 89.6. The minimum absolute atomic E-state index is 0.0535. The number of carbonyl (C=O) groups excluding carboxylic acids is 14. The highest BCUT2D eigenvalue weighted by molar-refractivity contribution is 7.98. The van der Waals surface area contributed by atoms with E-state index in [9.17, 15) is 107 Å². The summed E-state index contributed by atoms with van der Waals surface area (Å²) in [5, 5.41) is 96.5. The number of rotatable bonds is 46. The van der Waals surface area contributed by atoms with Crippen molar-refractivity contribution in [2.75, 3.05) is 51.4 Å². The number of aromatic hydroxyl groups is 1. The van der Waals surface area contributed by atoms with Crippen LogP contribution in [0.2, 0.25) is 0 Å². The smallest absolute Gasteiger partial charge is 0.325 e. The Kier molecular flexibility index (Phi) is 37.8. The molecule has 0 aliphatic carbocycles. The van der Waals surface area contributed by atoms with Crippen molar-refractivity contribution in [1.82, 2.24) is 89.7 Å². The Hall–Kier alpha value is -10.8. The maximum Gasteiger partial charge on any atom is 0.325 e. The van der Waals surface area contributed by atoms with Gasteiger partial charge in [0.25, 0.3) is 0 Å². The second-order valence-corrected chi connectivity index (χ2v) is 27.2. The largest absolute Gasteiger partial charge is 0.508 e. The van der Waals surface area contributed by atoms with E-state index in [0.29, 0.717) is 24.1 Å². The summed E-state index contributed by atoms with van der Waals surface area (Å²) in [7, 11) is 0. The maximum atomic E-state index is 14.2. The van der Waals surface area contributed by atoms with E-state index in [1.54, 1.807) is 50.4 Å². The van der Waals surface area contributed by atoms with Crippen LogP contribution >= 0.6 is 11.8 Å². The Balaban J connectivity index is 1.41. The van der Waals surface area contributed by atoms with Gasteiger partial charge in [-0.25, -0.2) is 4.98 Å². The van der Waals surface area contributed by atoms with E-state index < -0.39 is 218 Å². The van der Waals surface area contributed by atoms with E-state index in [0.717, 1.165) is 13.3 Å². The van der Waals surface area contributed by atoms with Crippen LogP contribution in [-0.2, 0) is 96.0 Å². The van der Waals surface area contributed by atoms with Crippen molar-refractivity contribution < 1.29 is 107 Å². The molecule has 0 spiro atoms. The fraction of sp³-hybridized carbons (Fsp3) is 0.544. The topological polar surface area (TPSA) is 604 Å². The summed E-state index contributed by atoms with van der Waals surface area (Å²) in [6.45, 7) is 4.79. The summed E-state index contributed by atoms with van der Waals surface area (Å²) < 4.78 is 0. The van der Waals surface area contributed by atoms with Crippen molar-refractivity contribution in [3.05, 3.63) is 83.9 Å². The molecule has 0 bridgehead atoms. The molecule has 108 heavy (non-hydrogen) atoms. The van der Waals surface area contributed by atoms with Gasteiger partial charge in [-0.2, -0.15) is 11.8 Å². The number of carboxylic acids is 2. The molecule has 40 heteroatoms. The molecule has 14 amide bonds. The summed E-state index contributed by atoms with van der Waals surface area (Å²) in [6.07, 6.45) is 2.11. The van der Waals surface area contributed by atoms with Crippen LogP contribution in [0.4, 0.5) is 0 Å². The van der Waals surface area contributed by atoms with E-state index in [-0.39, 0.29) is 55.2 Å². The van der Waals surface area contributed by atoms with Gasteiger partial charge in [-0.15, -0.1) is 0 Å². The third kappa shape index (κ3) is 31.3. The van der Waals surface area contributed by atoms with Crippen molar-refractivity contribution >= 4 is 106 Å². The summed E-state index contributed by atoms with van der Waals surface area (Å²) in [6, 6.07) is -3.94. The number of H-pyrrole nitrogens is 1. The van der Waals surface area contributed by atoms with Gasteiger partial charge in [-0.1, -0.05) is 70.2 Å². The minimum atomic E-state index is -1.87. The van der Waals surface area contributed by atoms with E-state index in [2.05, 4.69) is 89.7 Å². The summed E-state index contributed by atoms with van der Waals surface area (Å²) in [4.78, 5) is 220. The van der Waals surface area contributed by atoms with Gasteiger partial charge in [0.1, 0.15) is 72.2 Å². The highest BCUT2D eigenvalue weighted by Crippen LogP contribution is 2.15. The molecule has 2 aromatic carbocycles. The molecule has 1 aliphatic heterocycles. The zero-order chi connectivity index (χ0) is 80.3. The molecule has 594 valence electrons. The van der Waals surface area contributed by atoms with Crippen LogP contribution in [0.3, 0.4) is 0 Å². The lowest BCUT2D eigenvalue weighted by atomic mass is 10.0. The van der Waals surface area contributed by atoms with Crippen molar-refractivity contribution in [2.24, 2.45) is 11.8 Å². The van der Waals surface area contributed by atoms with Gasteiger partial charge >= 0.3 is 11.9 Å². The standard InChI is InChI=1S/C68H99N17O22S/c1-34(2)22-44(78-60(98)42-14-11-20-70-42)63(101)79-48(26-54(93)94)64(102)83-50(32-87)65(103)85-55(35(3)4)66(104)80-45(24-39-15-17-41(89)18-16-39)57(95)72-30-53(92)84-56(37(6)88)67(105)81-47(25-40-27-69-33-74-40)58(96)71-28-51(90)76-43(19-21-108-7)61(99)82-49(31-86)59(97)73-29-52(91)77-46(23-38-12-9-8-10-13-38)62(100)75-36(5)68(106)107/h8-10,12-13,15-18,27,33-37,42-50,55-56,70,86-89H,11,14,19-26,28-32H2,1-7H3,(H,69,74)(H,71,96)(H,72,95)(H,73,97)(H,75,100)(H,76,90)(H,77,91)(H,78,98)(H,79,101)(H,80,104)(H,81,105)(H,82,99)(H,83,102)(H,84,92)(H,85,103)(H,93,94)(H,106,107)/t36-,37+,42-,43-,44-,45-,46-,47-,48-,49-,50-,55-,56-/m0/s1. The minimum Gasteiger partial charge on any atom is -0.508 e. The van der Waals surface area contributed by atoms with Crippen molar-refractivity contribution in [3.8, 4) is 5.75 Å². The number of hydrogen-bond acceptors (Lipinski definition) is 23. The first-order chi connectivity index (χ1) is 51.1. The number of benzene rings is 2. The fourth-order valence-corrected chi connectivity index (χ4v) is 11.1. The quantitative estimate of drug-likeness (QED) is 0.0250. The third-order valence-corrected chi connectivity index (χ3v) is 17.1. The molecule has 4 rings (SSSR count). The van der Waals surface area contributed by atoms with Gasteiger partial charge < -0.3 is 115 Å². The molecule has 1 saturated heterocycles. The molecule has 2 heterocycles. The number of carboxylic acid groups (broad SMARTS) is 2. The Morgan fingerprint density at radius 3 is 1.49 bits per heavy atom. The van der Waals surface area contributed by atoms with Crippen LogP contribution in [0, 0.1) is 11.8 Å². The number of carbonyl (C=O) groups is 16. The predicted octanol–water partition coefficient (Wildman–Crippen LogP) is -7.02.